The number of carbonyl (C=O) groups excluding carboxylic acids is 1. The van der Waals surface area contributed by atoms with Gasteiger partial charge in [-0.15, -0.1) is 6.58 Å². The van der Waals surface area contributed by atoms with E-state index in [-0.39, 0.29) is 24.1 Å². The van der Waals surface area contributed by atoms with Crippen LogP contribution in [0.1, 0.15) is 55.6 Å². The Labute approximate surface area is 178 Å². The minimum Gasteiger partial charge on any atom is -0.448 e. The summed E-state index contributed by atoms with van der Waals surface area (Å²) in [4.78, 5) is 15.1. The summed E-state index contributed by atoms with van der Waals surface area (Å²) in [5, 5.41) is 10.9. The van der Waals surface area contributed by atoms with E-state index < -0.39 is 5.60 Å². The highest BCUT2D eigenvalue weighted by molar-refractivity contribution is 5.79. The lowest BCUT2D eigenvalue weighted by molar-refractivity contribution is -0.0826. The molecule has 156 valence electrons. The lowest BCUT2D eigenvalue weighted by Gasteiger charge is -2.51. The van der Waals surface area contributed by atoms with Crippen LogP contribution in [0.5, 0.6) is 0 Å². The molecule has 2 aromatic carbocycles. The van der Waals surface area contributed by atoms with Gasteiger partial charge in [0.05, 0.1) is 5.60 Å². The number of aliphatic hydroxyl groups is 1. The second-order valence-electron chi connectivity index (χ2n) is 9.08. The third kappa shape index (κ3) is 3.24. The van der Waals surface area contributed by atoms with Crippen molar-refractivity contribution in [1.29, 1.82) is 0 Å². The maximum atomic E-state index is 13.2. The first-order valence-electron chi connectivity index (χ1n) is 11.1. The number of benzene rings is 2. The number of amides is 1. The molecule has 0 spiro atoms. The van der Waals surface area contributed by atoms with Crippen LogP contribution in [0, 0.1) is 0 Å². The molecule has 2 bridgehead atoms. The molecule has 2 fully saturated rings. The maximum absolute atomic E-state index is 13.2. The van der Waals surface area contributed by atoms with Crippen molar-refractivity contribution in [3.8, 4) is 11.1 Å². The number of hydrogen-bond donors (Lipinski definition) is 1. The summed E-state index contributed by atoms with van der Waals surface area (Å²) < 4.78 is 5.93. The Bertz CT molecular complexity index is 909. The molecule has 2 aliphatic heterocycles. The van der Waals surface area contributed by atoms with Gasteiger partial charge in [-0.1, -0.05) is 54.6 Å². The Morgan fingerprint density at radius 3 is 2.20 bits per heavy atom. The first kappa shape index (κ1) is 19.4. The highest BCUT2D eigenvalue weighted by atomic mass is 16.6. The van der Waals surface area contributed by atoms with Crippen LogP contribution >= 0.6 is 0 Å². The Kier molecular flexibility index (Phi) is 4.90. The Morgan fingerprint density at radius 2 is 1.63 bits per heavy atom. The van der Waals surface area contributed by atoms with Crippen LogP contribution in [0.2, 0.25) is 0 Å². The van der Waals surface area contributed by atoms with E-state index in [1.165, 1.54) is 22.3 Å². The van der Waals surface area contributed by atoms with E-state index in [1.807, 2.05) is 4.90 Å². The lowest BCUT2D eigenvalue weighted by Crippen LogP contribution is -2.59. The van der Waals surface area contributed by atoms with Crippen molar-refractivity contribution in [3.63, 3.8) is 0 Å². The van der Waals surface area contributed by atoms with E-state index in [4.69, 9.17) is 4.74 Å². The van der Waals surface area contributed by atoms with Gasteiger partial charge in [0, 0.05) is 18.0 Å². The molecule has 2 unspecified atom stereocenters. The molecule has 2 saturated heterocycles. The summed E-state index contributed by atoms with van der Waals surface area (Å²) in [7, 11) is 0. The average molecular weight is 404 g/mol. The van der Waals surface area contributed by atoms with E-state index in [0.29, 0.717) is 25.9 Å². The van der Waals surface area contributed by atoms with E-state index in [2.05, 4.69) is 55.1 Å². The Morgan fingerprint density at radius 1 is 1.07 bits per heavy atom. The molecule has 2 heterocycles. The van der Waals surface area contributed by atoms with Crippen LogP contribution in [-0.4, -0.2) is 40.4 Å². The van der Waals surface area contributed by atoms with Crippen LogP contribution in [0.15, 0.2) is 61.2 Å². The van der Waals surface area contributed by atoms with Crippen molar-refractivity contribution >= 4 is 6.09 Å². The van der Waals surface area contributed by atoms with Crippen LogP contribution < -0.4 is 0 Å². The number of fused-ring (bicyclic) bond motifs is 5. The van der Waals surface area contributed by atoms with Gasteiger partial charge < -0.3 is 14.7 Å². The minimum atomic E-state index is -0.738. The zero-order chi connectivity index (χ0) is 20.7. The number of ether oxygens (including phenoxy) is 1. The topological polar surface area (TPSA) is 49.8 Å². The maximum Gasteiger partial charge on any atom is 0.410 e. The van der Waals surface area contributed by atoms with Gasteiger partial charge in [-0.2, -0.15) is 0 Å². The highest BCUT2D eigenvalue weighted by Crippen LogP contribution is 2.45. The normalized spacial score (nSPS) is 27.3. The molecule has 2 atom stereocenters. The van der Waals surface area contributed by atoms with Crippen molar-refractivity contribution in [3.05, 3.63) is 72.3 Å². The standard InChI is InChI=1S/C26H29NO3/c1-2-14-26(29)15-18-8-7-9-19(16-26)27(18)25(28)30-17-24-22-12-5-3-10-20(22)21-11-4-6-13-23(21)24/h2-6,10-13,18-19,24,29H,1,7-9,14-17H2. The van der Waals surface area contributed by atoms with Crippen molar-refractivity contribution in [2.75, 3.05) is 6.61 Å². The summed E-state index contributed by atoms with van der Waals surface area (Å²) in [5.41, 5.74) is 4.19. The summed E-state index contributed by atoms with van der Waals surface area (Å²) in [6.07, 6.45) is 6.33. The monoisotopic (exact) mass is 403 g/mol. The first-order valence-corrected chi connectivity index (χ1v) is 11.1. The minimum absolute atomic E-state index is 0.0538. The quantitative estimate of drug-likeness (QED) is 0.709. The van der Waals surface area contributed by atoms with Gasteiger partial charge in [0.1, 0.15) is 6.61 Å². The van der Waals surface area contributed by atoms with E-state index in [1.54, 1.807) is 6.08 Å². The molecule has 0 aromatic heterocycles. The number of hydrogen-bond acceptors (Lipinski definition) is 3. The second-order valence-corrected chi connectivity index (χ2v) is 9.08. The molecule has 1 N–H and O–H groups in total. The predicted molar refractivity (Wildman–Crippen MR) is 117 cm³/mol. The van der Waals surface area contributed by atoms with Crippen LogP contribution in [0.3, 0.4) is 0 Å². The third-order valence-electron chi connectivity index (χ3n) is 7.16. The number of nitrogens with zero attached hydrogens (tertiary/aromatic N) is 1. The molecule has 0 saturated carbocycles. The van der Waals surface area contributed by atoms with Crippen LogP contribution in [0.4, 0.5) is 4.79 Å². The number of rotatable bonds is 4. The van der Waals surface area contributed by atoms with Crippen molar-refractivity contribution < 1.29 is 14.6 Å². The molecule has 4 nitrogen and oxygen atoms in total. The molecular weight excluding hydrogens is 374 g/mol. The number of carbonyl (C=O) groups is 1. The van der Waals surface area contributed by atoms with Gasteiger partial charge in [-0.05, 0) is 60.8 Å². The van der Waals surface area contributed by atoms with Crippen molar-refractivity contribution in [2.24, 2.45) is 0 Å². The smallest absolute Gasteiger partial charge is 0.410 e. The zero-order valence-corrected chi connectivity index (χ0v) is 17.3. The summed E-state index contributed by atoms with van der Waals surface area (Å²) in [6, 6.07) is 16.9. The second kappa shape index (κ2) is 7.59. The molecule has 4 heteroatoms. The van der Waals surface area contributed by atoms with E-state index >= 15 is 0 Å². The summed E-state index contributed by atoms with van der Waals surface area (Å²) >= 11 is 0. The van der Waals surface area contributed by atoms with E-state index in [0.717, 1.165) is 19.3 Å². The van der Waals surface area contributed by atoms with Crippen molar-refractivity contribution in [1.82, 2.24) is 4.90 Å². The highest BCUT2D eigenvalue weighted by Gasteiger charge is 2.47. The molecule has 0 radical (unpaired) electrons. The number of piperidine rings is 2. The third-order valence-corrected chi connectivity index (χ3v) is 7.16. The van der Waals surface area contributed by atoms with Gasteiger partial charge in [0.15, 0.2) is 0 Å². The van der Waals surface area contributed by atoms with Gasteiger partial charge in [0.2, 0.25) is 0 Å². The summed E-state index contributed by atoms with van der Waals surface area (Å²) in [5.74, 6) is 0.0729. The Hall–Kier alpha value is -2.59. The Balaban J connectivity index is 1.33. The molecule has 3 aliphatic rings. The lowest BCUT2D eigenvalue weighted by atomic mass is 9.74. The van der Waals surface area contributed by atoms with Crippen LogP contribution in [-0.2, 0) is 4.74 Å². The first-order chi connectivity index (χ1) is 14.6. The molecular formula is C26H29NO3. The molecule has 1 aliphatic carbocycles. The molecule has 2 aromatic rings. The fourth-order valence-electron chi connectivity index (χ4n) is 5.93. The van der Waals surface area contributed by atoms with Crippen LogP contribution in [0.25, 0.3) is 11.1 Å². The van der Waals surface area contributed by atoms with Gasteiger partial charge >= 0.3 is 6.09 Å². The molecule has 30 heavy (non-hydrogen) atoms. The summed E-state index contributed by atoms with van der Waals surface area (Å²) in [6.45, 7) is 4.14. The molecule has 1 amide bonds. The SMILES string of the molecule is C=CCC1(O)CC2CCCC(C1)N2C(=O)OCC1c2ccccc2-c2ccccc21. The fraction of sp³-hybridized carbons (Fsp3) is 0.423. The van der Waals surface area contributed by atoms with E-state index in [9.17, 15) is 9.90 Å². The fourth-order valence-corrected chi connectivity index (χ4v) is 5.93. The largest absolute Gasteiger partial charge is 0.448 e. The molecule has 5 rings (SSSR count). The van der Waals surface area contributed by atoms with Crippen molar-refractivity contribution in [2.45, 2.75) is 62.1 Å². The zero-order valence-electron chi connectivity index (χ0n) is 17.3. The predicted octanol–water partition coefficient (Wildman–Crippen LogP) is 5.26. The van der Waals surface area contributed by atoms with Gasteiger partial charge in [-0.3, -0.25) is 0 Å². The average Bonchev–Trinajstić information content (AvgIpc) is 3.05. The van der Waals surface area contributed by atoms with Gasteiger partial charge in [-0.25, -0.2) is 4.79 Å². The van der Waals surface area contributed by atoms with Gasteiger partial charge in [0.25, 0.3) is 0 Å².